The van der Waals surface area contributed by atoms with Crippen LogP contribution in [-0.2, 0) is 13.5 Å². The van der Waals surface area contributed by atoms with E-state index in [1.165, 1.54) is 62.6 Å². The summed E-state index contributed by atoms with van der Waals surface area (Å²) in [6.07, 6.45) is 15.0. The number of hydrogen-bond acceptors (Lipinski definition) is 2. The van der Waals surface area contributed by atoms with E-state index in [1.54, 1.807) is 0 Å². The van der Waals surface area contributed by atoms with E-state index in [0.717, 1.165) is 12.8 Å². The lowest BCUT2D eigenvalue weighted by molar-refractivity contribution is 0.535. The molecule has 0 aliphatic rings. The summed E-state index contributed by atoms with van der Waals surface area (Å²) in [6.45, 7) is 4.42. The van der Waals surface area contributed by atoms with E-state index in [-0.39, 0.29) is 6.04 Å². The quantitative estimate of drug-likeness (QED) is 0.605. The van der Waals surface area contributed by atoms with Crippen LogP contribution in [0.2, 0.25) is 0 Å². The van der Waals surface area contributed by atoms with Gasteiger partial charge < -0.3 is 5.73 Å². The molecule has 0 saturated carbocycles. The van der Waals surface area contributed by atoms with Crippen LogP contribution in [0.3, 0.4) is 0 Å². The summed E-state index contributed by atoms with van der Waals surface area (Å²) < 4.78 is 1.89. The van der Waals surface area contributed by atoms with Gasteiger partial charge in [0.25, 0.3) is 0 Å². The van der Waals surface area contributed by atoms with E-state index < -0.39 is 0 Å². The zero-order valence-corrected chi connectivity index (χ0v) is 13.7. The van der Waals surface area contributed by atoms with Gasteiger partial charge in [0, 0.05) is 24.8 Å². The predicted molar refractivity (Wildman–Crippen MR) is 86.7 cm³/mol. The SMILES string of the molecule is CCCCCCCCCCC(N)c1cn(C)nc1CC. The maximum absolute atomic E-state index is 6.31. The predicted octanol–water partition coefficient (Wildman–Crippen LogP) is 4.51. The van der Waals surface area contributed by atoms with Gasteiger partial charge in [0.05, 0.1) is 5.69 Å². The van der Waals surface area contributed by atoms with E-state index in [0.29, 0.717) is 0 Å². The second-order valence-corrected chi connectivity index (χ2v) is 5.93. The lowest BCUT2D eigenvalue weighted by Crippen LogP contribution is -2.11. The molecule has 0 aliphatic carbocycles. The molecular weight excluding hydrogens is 246 g/mol. The molecule has 1 aromatic rings. The molecular formula is C17H33N3. The molecule has 1 unspecified atom stereocenters. The van der Waals surface area contributed by atoms with Crippen LogP contribution in [0.1, 0.15) is 88.9 Å². The van der Waals surface area contributed by atoms with Gasteiger partial charge in [-0.15, -0.1) is 0 Å². The van der Waals surface area contributed by atoms with Crippen LogP contribution in [0.15, 0.2) is 6.20 Å². The maximum Gasteiger partial charge on any atom is 0.0669 e. The van der Waals surface area contributed by atoms with Crippen LogP contribution in [0.4, 0.5) is 0 Å². The zero-order chi connectivity index (χ0) is 14.8. The van der Waals surface area contributed by atoms with Gasteiger partial charge in [0.2, 0.25) is 0 Å². The highest BCUT2D eigenvalue weighted by molar-refractivity contribution is 5.20. The highest BCUT2D eigenvalue weighted by Crippen LogP contribution is 2.21. The van der Waals surface area contributed by atoms with E-state index in [1.807, 2.05) is 11.7 Å². The van der Waals surface area contributed by atoms with Crippen molar-refractivity contribution in [2.75, 3.05) is 0 Å². The minimum Gasteiger partial charge on any atom is -0.324 e. The van der Waals surface area contributed by atoms with Crippen molar-refractivity contribution in [1.29, 1.82) is 0 Å². The van der Waals surface area contributed by atoms with Gasteiger partial charge in [-0.05, 0) is 12.8 Å². The average molecular weight is 279 g/mol. The summed E-state index contributed by atoms with van der Waals surface area (Å²) in [6, 6.07) is 0.166. The second kappa shape index (κ2) is 9.98. The Bertz CT molecular complexity index is 357. The van der Waals surface area contributed by atoms with E-state index in [4.69, 9.17) is 5.73 Å². The Balaban J connectivity index is 2.15. The fourth-order valence-electron chi connectivity index (χ4n) is 2.79. The molecule has 116 valence electrons. The van der Waals surface area contributed by atoms with Gasteiger partial charge in [0.15, 0.2) is 0 Å². The Morgan fingerprint density at radius 2 is 1.65 bits per heavy atom. The van der Waals surface area contributed by atoms with Gasteiger partial charge in [0.1, 0.15) is 0 Å². The third-order valence-corrected chi connectivity index (χ3v) is 4.04. The van der Waals surface area contributed by atoms with Crippen molar-refractivity contribution in [3.05, 3.63) is 17.5 Å². The molecule has 1 atom stereocenters. The van der Waals surface area contributed by atoms with E-state index in [9.17, 15) is 0 Å². The second-order valence-electron chi connectivity index (χ2n) is 5.93. The van der Waals surface area contributed by atoms with Crippen LogP contribution in [0.5, 0.6) is 0 Å². The third kappa shape index (κ3) is 6.08. The van der Waals surface area contributed by atoms with Crippen molar-refractivity contribution < 1.29 is 0 Å². The molecule has 0 fully saturated rings. The number of nitrogens with two attached hydrogens (primary N) is 1. The Hall–Kier alpha value is -0.830. The molecule has 20 heavy (non-hydrogen) atoms. The number of nitrogens with zero attached hydrogens (tertiary/aromatic N) is 2. The Labute approximate surface area is 124 Å². The van der Waals surface area contributed by atoms with Crippen molar-refractivity contribution in [2.24, 2.45) is 12.8 Å². The van der Waals surface area contributed by atoms with Gasteiger partial charge in [-0.25, -0.2) is 0 Å². The lowest BCUT2D eigenvalue weighted by Gasteiger charge is -2.11. The fourth-order valence-corrected chi connectivity index (χ4v) is 2.79. The Morgan fingerprint density at radius 1 is 1.05 bits per heavy atom. The molecule has 0 aromatic carbocycles. The van der Waals surface area contributed by atoms with Crippen LogP contribution >= 0.6 is 0 Å². The molecule has 3 nitrogen and oxygen atoms in total. The summed E-state index contributed by atoms with van der Waals surface area (Å²) in [7, 11) is 1.98. The van der Waals surface area contributed by atoms with Gasteiger partial charge in [-0.2, -0.15) is 5.10 Å². The molecule has 1 heterocycles. The van der Waals surface area contributed by atoms with Crippen molar-refractivity contribution >= 4 is 0 Å². The van der Waals surface area contributed by atoms with Crippen LogP contribution in [0.25, 0.3) is 0 Å². The van der Waals surface area contributed by atoms with Crippen LogP contribution < -0.4 is 5.73 Å². The molecule has 0 spiro atoms. The van der Waals surface area contributed by atoms with Crippen molar-refractivity contribution in [1.82, 2.24) is 9.78 Å². The van der Waals surface area contributed by atoms with Crippen molar-refractivity contribution in [2.45, 2.75) is 84.1 Å². The first-order valence-corrected chi connectivity index (χ1v) is 8.47. The van der Waals surface area contributed by atoms with Gasteiger partial charge >= 0.3 is 0 Å². The van der Waals surface area contributed by atoms with Gasteiger partial charge in [-0.1, -0.05) is 65.2 Å². The molecule has 1 rings (SSSR count). The highest BCUT2D eigenvalue weighted by atomic mass is 15.3. The molecule has 0 amide bonds. The smallest absolute Gasteiger partial charge is 0.0669 e. The van der Waals surface area contributed by atoms with Crippen LogP contribution in [-0.4, -0.2) is 9.78 Å². The zero-order valence-electron chi connectivity index (χ0n) is 13.7. The topological polar surface area (TPSA) is 43.8 Å². The van der Waals surface area contributed by atoms with E-state index in [2.05, 4.69) is 25.1 Å². The summed E-state index contributed by atoms with van der Waals surface area (Å²) >= 11 is 0. The fraction of sp³-hybridized carbons (Fsp3) is 0.824. The Kier molecular flexibility index (Phi) is 8.59. The summed E-state index contributed by atoms with van der Waals surface area (Å²) in [4.78, 5) is 0. The first-order valence-electron chi connectivity index (χ1n) is 8.47. The molecule has 2 N–H and O–H groups in total. The normalized spacial score (nSPS) is 12.8. The molecule has 0 bridgehead atoms. The number of aromatic nitrogens is 2. The number of hydrogen-bond donors (Lipinski definition) is 1. The third-order valence-electron chi connectivity index (χ3n) is 4.04. The summed E-state index contributed by atoms with van der Waals surface area (Å²) in [5.41, 5.74) is 8.73. The summed E-state index contributed by atoms with van der Waals surface area (Å²) in [5, 5.41) is 4.47. The molecule has 0 aliphatic heterocycles. The number of aryl methyl sites for hydroxylation is 2. The van der Waals surface area contributed by atoms with Crippen molar-refractivity contribution in [3.63, 3.8) is 0 Å². The monoisotopic (exact) mass is 279 g/mol. The Morgan fingerprint density at radius 3 is 2.25 bits per heavy atom. The minimum atomic E-state index is 0.166. The first kappa shape index (κ1) is 17.2. The van der Waals surface area contributed by atoms with Crippen LogP contribution in [0, 0.1) is 0 Å². The molecule has 3 heteroatoms. The molecule has 0 radical (unpaired) electrons. The number of unbranched alkanes of at least 4 members (excludes halogenated alkanes) is 7. The summed E-state index contributed by atoms with van der Waals surface area (Å²) in [5.74, 6) is 0. The molecule has 0 saturated heterocycles. The largest absolute Gasteiger partial charge is 0.324 e. The highest BCUT2D eigenvalue weighted by Gasteiger charge is 2.13. The van der Waals surface area contributed by atoms with E-state index >= 15 is 0 Å². The molecule has 1 aromatic heterocycles. The first-order chi connectivity index (χ1) is 9.69. The minimum absolute atomic E-state index is 0.166. The van der Waals surface area contributed by atoms with Gasteiger partial charge in [-0.3, -0.25) is 4.68 Å². The number of rotatable bonds is 11. The van der Waals surface area contributed by atoms with Crippen molar-refractivity contribution in [3.8, 4) is 0 Å². The lowest BCUT2D eigenvalue weighted by atomic mass is 10.00. The maximum atomic E-state index is 6.31. The average Bonchev–Trinajstić information content (AvgIpc) is 2.83. The standard InChI is InChI=1S/C17H33N3/c1-4-6-7-8-9-10-11-12-13-16(18)15-14-20(3)19-17(15)5-2/h14,16H,4-13,18H2,1-3H3.